The van der Waals surface area contributed by atoms with Crippen LogP contribution in [-0.4, -0.2) is 54.2 Å². The number of para-hydroxylation sites is 1. The molecule has 0 spiro atoms. The van der Waals surface area contributed by atoms with E-state index in [0.717, 1.165) is 5.56 Å². The number of hydrogen-bond acceptors (Lipinski definition) is 5. The van der Waals surface area contributed by atoms with Crippen molar-refractivity contribution in [1.82, 2.24) is 9.88 Å². The first kappa shape index (κ1) is 17.7. The summed E-state index contributed by atoms with van der Waals surface area (Å²) in [5, 5.41) is 9.69. The van der Waals surface area contributed by atoms with Crippen LogP contribution in [0.2, 0.25) is 0 Å². The summed E-state index contributed by atoms with van der Waals surface area (Å²) in [4.78, 5) is 30.0. The number of aliphatic carboxylic acids is 1. The lowest BCUT2D eigenvalue weighted by Crippen LogP contribution is -2.29. The smallest absolute Gasteiger partial charge is 0.308 e. The zero-order valence-corrected chi connectivity index (χ0v) is 14.6. The third-order valence-corrected chi connectivity index (χ3v) is 4.68. The third kappa shape index (κ3) is 3.20. The van der Waals surface area contributed by atoms with Gasteiger partial charge in [-0.05, 0) is 18.2 Å². The molecule has 1 amide bonds. The lowest BCUT2D eigenvalue weighted by molar-refractivity contribution is -0.141. The van der Waals surface area contributed by atoms with Gasteiger partial charge >= 0.3 is 5.97 Å². The molecule has 0 aliphatic carbocycles. The normalized spacial score (nSPS) is 19.2. The first-order chi connectivity index (χ1) is 12.6. The quantitative estimate of drug-likeness (QED) is 0.882. The van der Waals surface area contributed by atoms with E-state index in [1.807, 2.05) is 6.07 Å². The number of aromatic nitrogens is 1. The van der Waals surface area contributed by atoms with Gasteiger partial charge in [-0.1, -0.05) is 12.1 Å². The highest BCUT2D eigenvalue weighted by molar-refractivity contribution is 5.94. The minimum absolute atomic E-state index is 0.140. The Morgan fingerprint density at radius 3 is 2.46 bits per heavy atom. The van der Waals surface area contributed by atoms with Crippen molar-refractivity contribution >= 4 is 11.9 Å². The summed E-state index contributed by atoms with van der Waals surface area (Å²) < 4.78 is 10.8. The van der Waals surface area contributed by atoms with Gasteiger partial charge in [-0.25, -0.2) is 0 Å². The van der Waals surface area contributed by atoms with Crippen LogP contribution in [0.25, 0.3) is 0 Å². The van der Waals surface area contributed by atoms with Gasteiger partial charge in [-0.3, -0.25) is 14.6 Å². The van der Waals surface area contributed by atoms with E-state index in [1.165, 1.54) is 14.2 Å². The van der Waals surface area contributed by atoms with E-state index in [0.29, 0.717) is 23.6 Å². The summed E-state index contributed by atoms with van der Waals surface area (Å²) in [5.41, 5.74) is 1.21. The highest BCUT2D eigenvalue weighted by Gasteiger charge is 2.42. The molecule has 7 nitrogen and oxygen atoms in total. The fourth-order valence-corrected chi connectivity index (χ4v) is 3.42. The molecular weight excluding hydrogens is 336 g/mol. The molecule has 2 atom stereocenters. The molecule has 1 aliphatic rings. The predicted molar refractivity (Wildman–Crippen MR) is 93.6 cm³/mol. The molecule has 1 aromatic carbocycles. The number of carbonyl (C=O) groups excluding carboxylic acids is 1. The molecule has 26 heavy (non-hydrogen) atoms. The van der Waals surface area contributed by atoms with Gasteiger partial charge in [0, 0.05) is 42.5 Å². The SMILES string of the molecule is COc1cccc([C@@H]2CN(C(=O)c3ccncc3)C[C@H]2C(=O)O)c1OC. The predicted octanol–water partition coefficient (Wildman–Crippen LogP) is 2.04. The highest BCUT2D eigenvalue weighted by Crippen LogP contribution is 2.42. The summed E-state index contributed by atoms with van der Waals surface area (Å²) >= 11 is 0. The Morgan fingerprint density at radius 1 is 1.12 bits per heavy atom. The Hall–Kier alpha value is -3.09. The maximum atomic E-state index is 12.7. The number of carboxylic acids is 1. The lowest BCUT2D eigenvalue weighted by atomic mass is 9.88. The van der Waals surface area contributed by atoms with Crippen LogP contribution in [0.4, 0.5) is 0 Å². The van der Waals surface area contributed by atoms with E-state index in [4.69, 9.17) is 9.47 Å². The molecule has 2 aromatic rings. The topological polar surface area (TPSA) is 89.0 Å². The van der Waals surface area contributed by atoms with Crippen LogP contribution < -0.4 is 9.47 Å². The molecule has 1 aliphatic heterocycles. The van der Waals surface area contributed by atoms with Crippen LogP contribution in [0.5, 0.6) is 11.5 Å². The molecule has 0 unspecified atom stereocenters. The van der Waals surface area contributed by atoms with Crippen molar-refractivity contribution in [3.05, 3.63) is 53.9 Å². The summed E-state index contributed by atoms with van der Waals surface area (Å²) in [6.45, 7) is 0.434. The largest absolute Gasteiger partial charge is 0.493 e. The number of rotatable bonds is 5. The number of carbonyl (C=O) groups is 2. The lowest BCUT2D eigenvalue weighted by Gasteiger charge is -2.20. The number of carboxylic acid groups (broad SMARTS) is 1. The Bertz CT molecular complexity index is 809. The molecule has 1 fully saturated rings. The summed E-state index contributed by atoms with van der Waals surface area (Å²) in [7, 11) is 3.05. The van der Waals surface area contributed by atoms with Gasteiger partial charge in [-0.2, -0.15) is 0 Å². The maximum Gasteiger partial charge on any atom is 0.308 e. The van der Waals surface area contributed by atoms with Crippen LogP contribution in [0.15, 0.2) is 42.7 Å². The van der Waals surface area contributed by atoms with Crippen LogP contribution in [-0.2, 0) is 4.79 Å². The van der Waals surface area contributed by atoms with Crippen LogP contribution in [0.3, 0.4) is 0 Å². The molecule has 136 valence electrons. The fourth-order valence-electron chi connectivity index (χ4n) is 3.42. The molecule has 7 heteroatoms. The van der Waals surface area contributed by atoms with Gasteiger partial charge in [0.2, 0.25) is 0 Å². The number of ether oxygens (including phenoxy) is 2. The van der Waals surface area contributed by atoms with E-state index in [-0.39, 0.29) is 18.4 Å². The van der Waals surface area contributed by atoms with Crippen molar-refractivity contribution < 1.29 is 24.2 Å². The standard InChI is InChI=1S/C19H20N2O5/c1-25-16-5-3-4-13(17(16)26-2)14-10-21(11-15(14)19(23)24)18(22)12-6-8-20-9-7-12/h3-9,14-15H,10-11H2,1-2H3,(H,23,24)/t14-,15+/m0/s1. The minimum atomic E-state index is -0.940. The van der Waals surface area contributed by atoms with Crippen LogP contribution in [0.1, 0.15) is 21.8 Å². The molecule has 0 saturated carbocycles. The molecule has 1 saturated heterocycles. The van der Waals surface area contributed by atoms with Gasteiger partial charge in [-0.15, -0.1) is 0 Å². The average Bonchev–Trinajstić information content (AvgIpc) is 3.12. The minimum Gasteiger partial charge on any atom is -0.493 e. The molecular formula is C19H20N2O5. The van der Waals surface area contributed by atoms with Gasteiger partial charge < -0.3 is 19.5 Å². The van der Waals surface area contributed by atoms with Crippen molar-refractivity contribution in [2.24, 2.45) is 5.92 Å². The maximum absolute atomic E-state index is 12.7. The molecule has 0 bridgehead atoms. The second-order valence-corrected chi connectivity index (χ2v) is 6.08. The van der Waals surface area contributed by atoms with E-state index in [1.54, 1.807) is 41.6 Å². The van der Waals surface area contributed by atoms with Gasteiger partial charge in [0.15, 0.2) is 11.5 Å². The molecule has 1 aromatic heterocycles. The van der Waals surface area contributed by atoms with E-state index in [9.17, 15) is 14.7 Å². The number of likely N-dealkylation sites (tertiary alicyclic amines) is 1. The van der Waals surface area contributed by atoms with Crippen LogP contribution >= 0.6 is 0 Å². The molecule has 3 rings (SSSR count). The second kappa shape index (κ2) is 7.43. The average molecular weight is 356 g/mol. The first-order valence-electron chi connectivity index (χ1n) is 8.19. The number of benzene rings is 1. The van der Waals surface area contributed by atoms with Crippen molar-refractivity contribution in [3.63, 3.8) is 0 Å². The van der Waals surface area contributed by atoms with Gasteiger partial charge in [0.05, 0.1) is 20.1 Å². The number of hydrogen-bond donors (Lipinski definition) is 1. The Kier molecular flexibility index (Phi) is 5.06. The number of nitrogens with zero attached hydrogens (tertiary/aromatic N) is 2. The van der Waals surface area contributed by atoms with E-state index in [2.05, 4.69) is 4.98 Å². The van der Waals surface area contributed by atoms with Crippen molar-refractivity contribution in [3.8, 4) is 11.5 Å². The fraction of sp³-hybridized carbons (Fsp3) is 0.316. The summed E-state index contributed by atoms with van der Waals surface area (Å²) in [6, 6.07) is 8.62. The zero-order valence-electron chi connectivity index (χ0n) is 14.6. The van der Waals surface area contributed by atoms with Crippen LogP contribution in [0, 0.1) is 5.92 Å². The molecule has 0 radical (unpaired) electrons. The summed E-state index contributed by atoms with van der Waals surface area (Å²) in [6.07, 6.45) is 3.08. The molecule has 1 N–H and O–H groups in total. The van der Waals surface area contributed by atoms with Gasteiger partial charge in [0.1, 0.15) is 0 Å². The third-order valence-electron chi connectivity index (χ3n) is 4.68. The monoisotopic (exact) mass is 356 g/mol. The number of pyridine rings is 1. The van der Waals surface area contributed by atoms with Crippen molar-refractivity contribution in [2.75, 3.05) is 27.3 Å². The first-order valence-corrected chi connectivity index (χ1v) is 8.19. The zero-order chi connectivity index (χ0) is 18.7. The second-order valence-electron chi connectivity index (χ2n) is 6.08. The highest BCUT2D eigenvalue weighted by atomic mass is 16.5. The Balaban J connectivity index is 1.95. The Morgan fingerprint density at radius 2 is 1.85 bits per heavy atom. The van der Waals surface area contributed by atoms with E-state index >= 15 is 0 Å². The summed E-state index contributed by atoms with van der Waals surface area (Å²) in [5.74, 6) is -1.21. The number of amides is 1. The Labute approximate surface area is 151 Å². The number of methoxy groups -OCH3 is 2. The molecule has 2 heterocycles. The van der Waals surface area contributed by atoms with Crippen molar-refractivity contribution in [1.29, 1.82) is 0 Å². The van der Waals surface area contributed by atoms with Gasteiger partial charge in [0.25, 0.3) is 5.91 Å². The van der Waals surface area contributed by atoms with E-state index < -0.39 is 11.9 Å². The van der Waals surface area contributed by atoms with Crippen molar-refractivity contribution in [2.45, 2.75) is 5.92 Å².